The zero-order valence-corrected chi connectivity index (χ0v) is 22.5. The second-order valence-corrected chi connectivity index (χ2v) is 9.84. The molecule has 3 N–H and O–H groups in total. The van der Waals surface area contributed by atoms with Crippen LogP contribution in [0, 0.1) is 11.3 Å². The predicted molar refractivity (Wildman–Crippen MR) is 147 cm³/mol. The summed E-state index contributed by atoms with van der Waals surface area (Å²) in [7, 11) is 0. The van der Waals surface area contributed by atoms with Crippen molar-refractivity contribution in [2.45, 2.75) is 37.4 Å². The molecule has 8 nitrogen and oxygen atoms in total. The first kappa shape index (κ1) is 31.0. The Morgan fingerprint density at radius 2 is 1.77 bits per heavy atom. The van der Waals surface area contributed by atoms with Gasteiger partial charge in [0.05, 0.1) is 41.9 Å². The van der Waals surface area contributed by atoms with Gasteiger partial charge in [-0.3, -0.25) is 14.4 Å². The van der Waals surface area contributed by atoms with Gasteiger partial charge in [0.1, 0.15) is 6.04 Å². The largest absolute Gasteiger partial charge is 0.390 e. The van der Waals surface area contributed by atoms with Gasteiger partial charge >= 0.3 is 6.18 Å². The van der Waals surface area contributed by atoms with Gasteiger partial charge in [-0.1, -0.05) is 48.5 Å². The zero-order chi connectivity index (χ0) is 31.3. The average molecular weight is 600 g/mol. The molecule has 1 aliphatic heterocycles. The van der Waals surface area contributed by atoms with Gasteiger partial charge in [-0.2, -0.15) is 18.4 Å². The number of para-hydroxylation sites is 1. The topological polar surface area (TPSA) is 120 Å². The van der Waals surface area contributed by atoms with Crippen LogP contribution in [0.25, 0.3) is 0 Å². The molecule has 0 unspecified atom stereocenters. The summed E-state index contributed by atoms with van der Waals surface area (Å²) in [6.07, 6.45) is -9.85. The van der Waals surface area contributed by atoms with E-state index < -0.39 is 73.8 Å². The Morgan fingerprint density at radius 3 is 2.40 bits per heavy atom. The van der Waals surface area contributed by atoms with Crippen LogP contribution >= 0.6 is 0 Å². The molecule has 0 fully saturated rings. The third-order valence-electron chi connectivity index (χ3n) is 7.05. The Balaban J connectivity index is 1.81. The summed E-state index contributed by atoms with van der Waals surface area (Å²) in [5.74, 6) is -4.08. The minimum Gasteiger partial charge on any atom is -0.369 e. The van der Waals surface area contributed by atoms with Gasteiger partial charge in [-0.15, -0.1) is 0 Å². The Bertz CT molecular complexity index is 1540. The zero-order valence-electron chi connectivity index (χ0n) is 22.5. The molecule has 1 heterocycles. The van der Waals surface area contributed by atoms with Crippen LogP contribution in [0.2, 0.25) is 0 Å². The van der Waals surface area contributed by atoms with Gasteiger partial charge in [-0.25, -0.2) is 8.78 Å². The molecule has 0 radical (unpaired) electrons. The summed E-state index contributed by atoms with van der Waals surface area (Å²) in [4.78, 5) is 41.7. The highest BCUT2D eigenvalue weighted by Gasteiger charge is 2.40. The molecule has 0 aliphatic carbocycles. The van der Waals surface area contributed by atoms with Gasteiger partial charge in [0.15, 0.2) is 0 Å². The van der Waals surface area contributed by atoms with E-state index in [2.05, 4.69) is 5.32 Å². The van der Waals surface area contributed by atoms with Crippen LogP contribution in [-0.2, 0) is 14.4 Å². The van der Waals surface area contributed by atoms with E-state index in [4.69, 9.17) is 5.73 Å². The van der Waals surface area contributed by atoms with Crippen LogP contribution in [-0.4, -0.2) is 47.9 Å². The molecule has 4 rings (SSSR count). The lowest BCUT2D eigenvalue weighted by Crippen LogP contribution is -2.52. The van der Waals surface area contributed by atoms with Crippen molar-refractivity contribution in [3.8, 4) is 6.07 Å². The molecule has 3 aromatic rings. The van der Waals surface area contributed by atoms with E-state index in [9.17, 15) is 41.6 Å². The number of nitrogens with zero attached hydrogens (tertiary/aromatic N) is 3. The molecule has 0 aromatic heterocycles. The number of nitriles is 1. The summed E-state index contributed by atoms with van der Waals surface area (Å²) in [5, 5.41) is 11.8. The third-order valence-corrected chi connectivity index (χ3v) is 7.05. The average Bonchev–Trinajstić information content (AvgIpc) is 3.11. The van der Waals surface area contributed by atoms with Crippen LogP contribution < -0.4 is 16.0 Å². The van der Waals surface area contributed by atoms with Crippen LogP contribution in [0.4, 0.5) is 39.0 Å². The van der Waals surface area contributed by atoms with E-state index in [1.165, 1.54) is 53.4 Å². The van der Waals surface area contributed by atoms with Crippen LogP contribution in [0.5, 0.6) is 0 Å². The van der Waals surface area contributed by atoms with Crippen LogP contribution in [0.15, 0.2) is 72.8 Å². The van der Waals surface area contributed by atoms with E-state index in [0.29, 0.717) is 10.5 Å². The minimum atomic E-state index is -4.71. The maximum Gasteiger partial charge on any atom is 0.390 e. The lowest BCUT2D eigenvalue weighted by molar-refractivity contribution is -0.151. The van der Waals surface area contributed by atoms with Crippen molar-refractivity contribution in [2.24, 2.45) is 5.73 Å². The van der Waals surface area contributed by atoms with Crippen LogP contribution in [0.1, 0.15) is 41.9 Å². The first-order chi connectivity index (χ1) is 20.4. The minimum absolute atomic E-state index is 0.0891. The molecule has 0 saturated carbocycles. The Labute approximate surface area is 243 Å². The van der Waals surface area contributed by atoms with E-state index in [0.717, 1.165) is 6.07 Å². The van der Waals surface area contributed by atoms with Gasteiger partial charge in [-0.05, 0) is 29.8 Å². The maximum absolute atomic E-state index is 14.0. The maximum atomic E-state index is 14.0. The lowest BCUT2D eigenvalue weighted by atomic mass is 9.94. The fourth-order valence-electron chi connectivity index (χ4n) is 4.95. The van der Waals surface area contributed by atoms with E-state index in [1.54, 1.807) is 18.2 Å². The van der Waals surface area contributed by atoms with Crippen molar-refractivity contribution in [1.29, 1.82) is 5.26 Å². The van der Waals surface area contributed by atoms with Crippen molar-refractivity contribution in [2.75, 3.05) is 23.3 Å². The Hall–Kier alpha value is -4.99. The molecule has 2 atom stereocenters. The molecule has 0 saturated heterocycles. The molecule has 3 aromatic carbocycles. The third kappa shape index (κ3) is 7.27. The first-order valence-corrected chi connectivity index (χ1v) is 13.1. The summed E-state index contributed by atoms with van der Waals surface area (Å²) in [6, 6.07) is 18.1. The van der Waals surface area contributed by atoms with E-state index >= 15 is 0 Å². The van der Waals surface area contributed by atoms with Crippen molar-refractivity contribution in [3.63, 3.8) is 0 Å². The van der Waals surface area contributed by atoms with E-state index in [1.807, 2.05) is 6.07 Å². The molecule has 43 heavy (non-hydrogen) atoms. The highest BCUT2D eigenvalue weighted by atomic mass is 19.4. The highest BCUT2D eigenvalue weighted by Crippen LogP contribution is 2.41. The number of hydrogen-bond donors (Lipinski definition) is 2. The lowest BCUT2D eigenvalue weighted by Gasteiger charge is -2.34. The second kappa shape index (κ2) is 12.9. The molecule has 13 heteroatoms. The molecular weight excluding hydrogens is 573 g/mol. The second-order valence-electron chi connectivity index (χ2n) is 9.84. The monoisotopic (exact) mass is 599 g/mol. The van der Waals surface area contributed by atoms with Crippen molar-refractivity contribution in [3.05, 3.63) is 89.5 Å². The summed E-state index contributed by atoms with van der Waals surface area (Å²) < 4.78 is 68.3. The van der Waals surface area contributed by atoms with Gasteiger partial charge in [0.2, 0.25) is 17.7 Å². The number of carbonyl (C=O) groups is 3. The number of carbonyl (C=O) groups excluding carboxylic acids is 3. The van der Waals surface area contributed by atoms with Crippen molar-refractivity contribution < 1.29 is 36.3 Å². The molecule has 0 bridgehead atoms. The smallest absolute Gasteiger partial charge is 0.369 e. The molecule has 224 valence electrons. The number of amides is 3. The number of hydrogen-bond acceptors (Lipinski definition) is 5. The molecule has 3 amide bonds. The molecular formula is C30H26F5N5O3. The SMILES string of the molecule is N#Cc1cccc(N2C[C@H](N(CCC(F)(F)F)C(=O)C[C@@H](C(N)=O)c3ccccc3)C(=O)Nc3c(C(F)F)cccc32)c1. The Kier molecular flexibility index (Phi) is 9.28. The number of halogens is 5. The predicted octanol–water partition coefficient (Wildman–Crippen LogP) is 5.39. The number of nitrogens with two attached hydrogens (primary N) is 1. The van der Waals surface area contributed by atoms with Gasteiger partial charge in [0.25, 0.3) is 6.43 Å². The number of rotatable bonds is 9. The number of fused-ring (bicyclic) bond motifs is 1. The molecule has 0 spiro atoms. The number of primary amides is 1. The standard InChI is InChI=1S/C30H26F5N5O3/c31-27(32)21-10-5-11-23-26(21)38-29(43)24(17-40(23)20-9-4-6-18(14-20)16-36)39(13-12-30(33,34)35)25(41)15-22(28(37)42)19-7-2-1-3-8-19/h1-11,14,22,24,27H,12-13,15,17H2,(H2,37,42)(H,38,43)/t22-,24+/m1/s1. The number of nitrogens with one attached hydrogen (secondary N) is 1. The van der Waals surface area contributed by atoms with Gasteiger partial charge < -0.3 is 20.9 Å². The first-order valence-electron chi connectivity index (χ1n) is 13.1. The Morgan fingerprint density at radius 1 is 1.07 bits per heavy atom. The van der Waals surface area contributed by atoms with Crippen molar-refractivity contribution >= 4 is 34.8 Å². The summed E-state index contributed by atoms with van der Waals surface area (Å²) >= 11 is 0. The van der Waals surface area contributed by atoms with E-state index in [-0.39, 0.29) is 22.6 Å². The normalized spacial score (nSPS) is 15.6. The molecule has 1 aliphatic rings. The fraction of sp³-hybridized carbons (Fsp3) is 0.267. The quantitative estimate of drug-likeness (QED) is 0.320. The summed E-state index contributed by atoms with van der Waals surface area (Å²) in [5.41, 5.74) is 5.63. The van der Waals surface area contributed by atoms with Crippen LogP contribution in [0.3, 0.4) is 0 Å². The van der Waals surface area contributed by atoms with Crippen molar-refractivity contribution in [1.82, 2.24) is 4.90 Å². The highest BCUT2D eigenvalue weighted by molar-refractivity contribution is 6.03. The number of alkyl halides is 5. The number of anilines is 3. The number of benzene rings is 3. The fourth-order valence-corrected chi connectivity index (χ4v) is 4.95. The summed E-state index contributed by atoms with van der Waals surface area (Å²) in [6.45, 7) is -1.40. The van der Waals surface area contributed by atoms with Gasteiger partial charge in [0, 0.05) is 24.2 Å².